The lowest BCUT2D eigenvalue weighted by Gasteiger charge is -2.17. The van der Waals surface area contributed by atoms with Crippen LogP contribution in [0, 0.1) is 0 Å². The summed E-state index contributed by atoms with van der Waals surface area (Å²) in [5, 5.41) is 3.65. The zero-order valence-electron chi connectivity index (χ0n) is 11.9. The second-order valence-corrected chi connectivity index (χ2v) is 6.34. The maximum Gasteiger partial charge on any atom is 0.0520 e. The molecule has 1 N–H and O–H groups in total. The summed E-state index contributed by atoms with van der Waals surface area (Å²) >= 11 is 3.65. The third-order valence-corrected chi connectivity index (χ3v) is 4.68. The molecule has 1 atom stereocenters. The van der Waals surface area contributed by atoms with Crippen molar-refractivity contribution in [3.05, 3.63) is 58.1 Å². The standard InChI is InChI=1S/C17H19BrN2/c1-20(2)13-8-6-12(7-9-13)19-17-11-10-14-15(17)4-3-5-16(14)18/h3-9,17,19H,10-11H2,1-2H3. The van der Waals surface area contributed by atoms with Gasteiger partial charge in [-0.2, -0.15) is 0 Å². The van der Waals surface area contributed by atoms with E-state index >= 15 is 0 Å². The summed E-state index contributed by atoms with van der Waals surface area (Å²) in [5.74, 6) is 0. The van der Waals surface area contributed by atoms with Crippen LogP contribution in [0.25, 0.3) is 0 Å². The fourth-order valence-corrected chi connectivity index (χ4v) is 3.40. The maximum atomic E-state index is 3.65. The molecule has 0 fully saturated rings. The van der Waals surface area contributed by atoms with Crippen LogP contribution in [0.1, 0.15) is 23.6 Å². The van der Waals surface area contributed by atoms with Crippen LogP contribution >= 0.6 is 15.9 Å². The Bertz CT molecular complexity index is 605. The van der Waals surface area contributed by atoms with Crippen LogP contribution in [-0.4, -0.2) is 14.1 Å². The van der Waals surface area contributed by atoms with E-state index in [1.165, 1.54) is 27.0 Å². The number of anilines is 2. The van der Waals surface area contributed by atoms with Gasteiger partial charge in [0, 0.05) is 29.9 Å². The Morgan fingerprint density at radius 2 is 1.85 bits per heavy atom. The molecule has 2 nitrogen and oxygen atoms in total. The monoisotopic (exact) mass is 330 g/mol. The van der Waals surface area contributed by atoms with Crippen LogP contribution in [-0.2, 0) is 6.42 Å². The van der Waals surface area contributed by atoms with Crippen molar-refractivity contribution in [2.24, 2.45) is 0 Å². The second-order valence-electron chi connectivity index (χ2n) is 5.48. The van der Waals surface area contributed by atoms with Crippen LogP contribution < -0.4 is 10.2 Å². The highest BCUT2D eigenvalue weighted by Gasteiger charge is 2.23. The first-order chi connectivity index (χ1) is 9.65. The zero-order valence-corrected chi connectivity index (χ0v) is 13.4. The van der Waals surface area contributed by atoms with Crippen molar-refractivity contribution in [3.63, 3.8) is 0 Å². The molecule has 0 amide bonds. The molecule has 0 radical (unpaired) electrons. The molecule has 1 unspecified atom stereocenters. The molecule has 1 aliphatic carbocycles. The Morgan fingerprint density at radius 3 is 2.55 bits per heavy atom. The first-order valence-electron chi connectivity index (χ1n) is 6.96. The van der Waals surface area contributed by atoms with E-state index in [1.54, 1.807) is 0 Å². The summed E-state index contributed by atoms with van der Waals surface area (Å²) in [5.41, 5.74) is 5.30. The average molecular weight is 331 g/mol. The highest BCUT2D eigenvalue weighted by molar-refractivity contribution is 9.10. The van der Waals surface area contributed by atoms with Crippen LogP contribution in [0.2, 0.25) is 0 Å². The molecule has 0 bridgehead atoms. The van der Waals surface area contributed by atoms with E-state index in [0.717, 1.165) is 12.8 Å². The Morgan fingerprint density at radius 1 is 1.10 bits per heavy atom. The first-order valence-corrected chi connectivity index (χ1v) is 7.75. The molecule has 1 aliphatic rings. The van der Waals surface area contributed by atoms with Gasteiger partial charge in [-0.1, -0.05) is 28.1 Å². The van der Waals surface area contributed by atoms with Crippen molar-refractivity contribution >= 4 is 27.3 Å². The van der Waals surface area contributed by atoms with E-state index in [-0.39, 0.29) is 0 Å². The summed E-state index contributed by atoms with van der Waals surface area (Å²) < 4.78 is 1.24. The molecule has 2 aromatic rings. The van der Waals surface area contributed by atoms with Crippen molar-refractivity contribution in [2.45, 2.75) is 18.9 Å². The molecule has 0 spiro atoms. The molecule has 104 valence electrons. The summed E-state index contributed by atoms with van der Waals surface area (Å²) in [6, 6.07) is 15.5. The largest absolute Gasteiger partial charge is 0.378 e. The smallest absolute Gasteiger partial charge is 0.0520 e. The van der Waals surface area contributed by atoms with Gasteiger partial charge in [-0.15, -0.1) is 0 Å². The molecule has 3 heteroatoms. The van der Waals surface area contributed by atoms with Gasteiger partial charge >= 0.3 is 0 Å². The van der Waals surface area contributed by atoms with E-state index in [9.17, 15) is 0 Å². The lowest BCUT2D eigenvalue weighted by atomic mass is 10.1. The SMILES string of the molecule is CN(C)c1ccc(NC2CCc3c(Br)cccc32)cc1. The molecule has 0 saturated carbocycles. The lowest BCUT2D eigenvalue weighted by molar-refractivity contribution is 0.762. The van der Waals surface area contributed by atoms with E-state index in [1.807, 2.05) is 0 Å². The molecule has 0 heterocycles. The van der Waals surface area contributed by atoms with Gasteiger partial charge in [0.15, 0.2) is 0 Å². The zero-order chi connectivity index (χ0) is 14.1. The topological polar surface area (TPSA) is 15.3 Å². The summed E-state index contributed by atoms with van der Waals surface area (Å²) in [4.78, 5) is 2.12. The Balaban J connectivity index is 1.79. The maximum absolute atomic E-state index is 3.65. The quantitative estimate of drug-likeness (QED) is 0.883. The Hall–Kier alpha value is -1.48. The summed E-state index contributed by atoms with van der Waals surface area (Å²) in [6.07, 6.45) is 2.30. The highest BCUT2D eigenvalue weighted by Crippen LogP contribution is 2.37. The molecule has 2 aromatic carbocycles. The average Bonchev–Trinajstić information content (AvgIpc) is 2.84. The van der Waals surface area contributed by atoms with E-state index in [4.69, 9.17) is 0 Å². The number of nitrogens with one attached hydrogen (secondary N) is 1. The number of nitrogens with zero attached hydrogens (tertiary/aromatic N) is 1. The molecular weight excluding hydrogens is 312 g/mol. The van der Waals surface area contributed by atoms with E-state index in [2.05, 4.69) is 82.7 Å². The van der Waals surface area contributed by atoms with Crippen LogP contribution in [0.4, 0.5) is 11.4 Å². The molecule has 0 aliphatic heterocycles. The number of benzene rings is 2. The van der Waals surface area contributed by atoms with Crippen LogP contribution in [0.5, 0.6) is 0 Å². The molecule has 20 heavy (non-hydrogen) atoms. The predicted octanol–water partition coefficient (Wildman–Crippen LogP) is 4.61. The van der Waals surface area contributed by atoms with E-state index in [0.29, 0.717) is 6.04 Å². The number of hydrogen-bond donors (Lipinski definition) is 1. The molecular formula is C17H19BrN2. The fraction of sp³-hybridized carbons (Fsp3) is 0.294. The third-order valence-electron chi connectivity index (χ3n) is 3.94. The van der Waals surface area contributed by atoms with Gasteiger partial charge in [-0.3, -0.25) is 0 Å². The van der Waals surface area contributed by atoms with Crippen molar-refractivity contribution < 1.29 is 0 Å². The second kappa shape index (κ2) is 5.49. The van der Waals surface area contributed by atoms with Crippen molar-refractivity contribution in [2.75, 3.05) is 24.3 Å². The van der Waals surface area contributed by atoms with Crippen molar-refractivity contribution in [1.29, 1.82) is 0 Å². The summed E-state index contributed by atoms with van der Waals surface area (Å²) in [6.45, 7) is 0. The van der Waals surface area contributed by atoms with Gasteiger partial charge < -0.3 is 10.2 Å². The lowest BCUT2D eigenvalue weighted by Crippen LogP contribution is -2.09. The minimum Gasteiger partial charge on any atom is -0.378 e. The Kier molecular flexibility index (Phi) is 3.70. The fourth-order valence-electron chi connectivity index (χ4n) is 2.82. The van der Waals surface area contributed by atoms with Gasteiger partial charge in [-0.25, -0.2) is 0 Å². The summed E-state index contributed by atoms with van der Waals surface area (Å²) in [7, 11) is 4.13. The first kappa shape index (κ1) is 13.5. The van der Waals surface area contributed by atoms with Gasteiger partial charge in [0.05, 0.1) is 6.04 Å². The minimum absolute atomic E-state index is 0.424. The van der Waals surface area contributed by atoms with Gasteiger partial charge in [0.1, 0.15) is 0 Å². The normalized spacial score (nSPS) is 16.9. The third kappa shape index (κ3) is 2.55. The van der Waals surface area contributed by atoms with Gasteiger partial charge in [0.2, 0.25) is 0 Å². The van der Waals surface area contributed by atoms with Gasteiger partial charge in [0.25, 0.3) is 0 Å². The number of halogens is 1. The number of rotatable bonds is 3. The number of hydrogen-bond acceptors (Lipinski definition) is 2. The predicted molar refractivity (Wildman–Crippen MR) is 89.6 cm³/mol. The Labute approximate surface area is 128 Å². The van der Waals surface area contributed by atoms with Gasteiger partial charge in [-0.05, 0) is 54.3 Å². The minimum atomic E-state index is 0.424. The van der Waals surface area contributed by atoms with E-state index < -0.39 is 0 Å². The highest BCUT2D eigenvalue weighted by atomic mass is 79.9. The molecule has 3 rings (SSSR count). The molecule has 0 aromatic heterocycles. The number of fused-ring (bicyclic) bond motifs is 1. The van der Waals surface area contributed by atoms with Crippen molar-refractivity contribution in [3.8, 4) is 0 Å². The van der Waals surface area contributed by atoms with Crippen molar-refractivity contribution in [1.82, 2.24) is 0 Å². The van der Waals surface area contributed by atoms with Crippen LogP contribution in [0.3, 0.4) is 0 Å². The molecule has 0 saturated heterocycles. The van der Waals surface area contributed by atoms with Crippen LogP contribution in [0.15, 0.2) is 46.9 Å².